The number of nitrogens with zero attached hydrogens (tertiary/aromatic N) is 4. The summed E-state index contributed by atoms with van der Waals surface area (Å²) in [5.41, 5.74) is 0.418. The summed E-state index contributed by atoms with van der Waals surface area (Å²) in [6.45, 7) is 0.0149. The normalized spacial score (nSPS) is 10.9. The van der Waals surface area contributed by atoms with Gasteiger partial charge >= 0.3 is 0 Å². The molecule has 7 heteroatoms. The standard InChI is InChI=1S/C13H12FN5O/c1-18-15-7-11(17-18)16-12(20)8-19-6-5-9-3-2-4-10(14)13(9)19/h2-7H,8H2,1H3,(H,16,17,20). The minimum absolute atomic E-state index is 0.0149. The largest absolute Gasteiger partial charge is 0.336 e. The van der Waals surface area contributed by atoms with Crippen molar-refractivity contribution in [2.75, 3.05) is 5.32 Å². The average Bonchev–Trinajstić information content (AvgIpc) is 2.97. The van der Waals surface area contributed by atoms with Gasteiger partial charge in [-0.3, -0.25) is 4.79 Å². The van der Waals surface area contributed by atoms with E-state index >= 15 is 0 Å². The smallest absolute Gasteiger partial charge is 0.245 e. The predicted molar refractivity (Wildman–Crippen MR) is 71.5 cm³/mol. The van der Waals surface area contributed by atoms with Crippen molar-refractivity contribution in [1.82, 2.24) is 19.6 Å². The summed E-state index contributed by atoms with van der Waals surface area (Å²) in [5, 5.41) is 11.2. The molecule has 0 saturated heterocycles. The Morgan fingerprint density at radius 1 is 1.40 bits per heavy atom. The molecule has 0 aliphatic rings. The van der Waals surface area contributed by atoms with E-state index in [2.05, 4.69) is 15.5 Å². The number of hydrogen-bond acceptors (Lipinski definition) is 3. The van der Waals surface area contributed by atoms with Crippen molar-refractivity contribution in [1.29, 1.82) is 0 Å². The van der Waals surface area contributed by atoms with Crippen LogP contribution >= 0.6 is 0 Å². The van der Waals surface area contributed by atoms with Crippen molar-refractivity contribution in [3.8, 4) is 0 Å². The lowest BCUT2D eigenvalue weighted by molar-refractivity contribution is -0.116. The van der Waals surface area contributed by atoms with Crippen LogP contribution in [0.2, 0.25) is 0 Å². The molecule has 0 spiro atoms. The molecule has 0 atom stereocenters. The van der Waals surface area contributed by atoms with Crippen LogP contribution in [-0.4, -0.2) is 25.5 Å². The molecule has 0 bridgehead atoms. The number of aryl methyl sites for hydroxylation is 1. The van der Waals surface area contributed by atoms with E-state index in [0.717, 1.165) is 5.39 Å². The molecule has 0 saturated carbocycles. The van der Waals surface area contributed by atoms with Crippen molar-refractivity contribution >= 4 is 22.6 Å². The summed E-state index contributed by atoms with van der Waals surface area (Å²) in [4.78, 5) is 13.3. The Bertz CT molecular complexity index is 776. The van der Waals surface area contributed by atoms with Crippen LogP contribution < -0.4 is 5.32 Å². The maximum Gasteiger partial charge on any atom is 0.245 e. The molecule has 1 amide bonds. The van der Waals surface area contributed by atoms with Crippen molar-refractivity contribution in [3.63, 3.8) is 0 Å². The number of benzene rings is 1. The van der Waals surface area contributed by atoms with Gasteiger partial charge in [0.2, 0.25) is 5.91 Å². The van der Waals surface area contributed by atoms with E-state index in [1.807, 2.05) is 0 Å². The zero-order valence-corrected chi connectivity index (χ0v) is 10.7. The second-order valence-electron chi connectivity index (χ2n) is 4.39. The van der Waals surface area contributed by atoms with Gasteiger partial charge in [0.05, 0.1) is 11.7 Å². The number of hydrogen-bond donors (Lipinski definition) is 1. The lowest BCUT2D eigenvalue weighted by atomic mass is 10.2. The average molecular weight is 273 g/mol. The van der Waals surface area contributed by atoms with Crippen LogP contribution in [0.4, 0.5) is 10.2 Å². The van der Waals surface area contributed by atoms with Gasteiger partial charge in [-0.25, -0.2) is 4.39 Å². The van der Waals surface area contributed by atoms with Crippen molar-refractivity contribution in [2.24, 2.45) is 7.05 Å². The van der Waals surface area contributed by atoms with E-state index in [4.69, 9.17) is 0 Å². The monoisotopic (exact) mass is 273 g/mol. The molecular weight excluding hydrogens is 261 g/mol. The highest BCUT2D eigenvalue weighted by Crippen LogP contribution is 2.19. The summed E-state index contributed by atoms with van der Waals surface area (Å²) >= 11 is 0. The zero-order chi connectivity index (χ0) is 14.1. The molecule has 0 radical (unpaired) electrons. The highest BCUT2D eigenvalue weighted by atomic mass is 19.1. The van der Waals surface area contributed by atoms with Crippen LogP contribution in [0, 0.1) is 5.82 Å². The number of para-hydroxylation sites is 1. The van der Waals surface area contributed by atoms with Gasteiger partial charge in [0.15, 0.2) is 5.82 Å². The van der Waals surface area contributed by atoms with E-state index < -0.39 is 0 Å². The highest BCUT2D eigenvalue weighted by Gasteiger charge is 2.10. The van der Waals surface area contributed by atoms with Gasteiger partial charge in [0, 0.05) is 18.6 Å². The van der Waals surface area contributed by atoms with Gasteiger partial charge in [-0.2, -0.15) is 9.90 Å². The van der Waals surface area contributed by atoms with Gasteiger partial charge in [0.25, 0.3) is 0 Å². The Hall–Kier alpha value is -2.70. The molecule has 0 fully saturated rings. The summed E-state index contributed by atoms with van der Waals surface area (Å²) < 4.78 is 15.3. The lowest BCUT2D eigenvalue weighted by Gasteiger charge is -2.05. The SMILES string of the molecule is Cn1ncc(NC(=O)Cn2ccc3cccc(F)c32)n1. The minimum Gasteiger partial charge on any atom is -0.336 e. The van der Waals surface area contributed by atoms with Gasteiger partial charge in [0.1, 0.15) is 12.4 Å². The second-order valence-corrected chi connectivity index (χ2v) is 4.39. The predicted octanol–water partition coefficient (Wildman–Crippen LogP) is 1.55. The van der Waals surface area contributed by atoms with Crippen LogP contribution in [0.5, 0.6) is 0 Å². The number of anilines is 1. The van der Waals surface area contributed by atoms with E-state index in [9.17, 15) is 9.18 Å². The molecule has 1 N–H and O–H groups in total. The van der Waals surface area contributed by atoms with Crippen molar-refractivity contribution < 1.29 is 9.18 Å². The maximum atomic E-state index is 13.8. The van der Waals surface area contributed by atoms with Crippen molar-refractivity contribution in [2.45, 2.75) is 6.54 Å². The second kappa shape index (κ2) is 4.76. The summed E-state index contributed by atoms with van der Waals surface area (Å²) in [6, 6.07) is 6.59. The first kappa shape index (κ1) is 12.3. The first-order valence-electron chi connectivity index (χ1n) is 6.03. The number of rotatable bonds is 3. The minimum atomic E-state index is -0.347. The van der Waals surface area contributed by atoms with E-state index in [-0.39, 0.29) is 18.3 Å². The molecule has 0 aliphatic carbocycles. The fraction of sp³-hybridized carbons (Fsp3) is 0.154. The fourth-order valence-corrected chi connectivity index (χ4v) is 2.09. The number of carbonyl (C=O) groups excluding carboxylic acids is 1. The molecule has 0 unspecified atom stereocenters. The van der Waals surface area contributed by atoms with Gasteiger partial charge in [-0.15, -0.1) is 5.10 Å². The number of halogens is 1. The van der Waals surface area contributed by atoms with Gasteiger partial charge < -0.3 is 9.88 Å². The lowest BCUT2D eigenvalue weighted by Crippen LogP contribution is -2.18. The molecule has 1 aromatic carbocycles. The van der Waals surface area contributed by atoms with Crippen LogP contribution in [0.3, 0.4) is 0 Å². The quantitative estimate of drug-likeness (QED) is 0.787. The Morgan fingerprint density at radius 2 is 2.25 bits per heavy atom. The molecule has 3 aromatic rings. The summed E-state index contributed by atoms with van der Waals surface area (Å²) in [5.74, 6) is -0.263. The Morgan fingerprint density at radius 3 is 3.00 bits per heavy atom. The third-order valence-corrected chi connectivity index (χ3v) is 2.92. The Balaban J connectivity index is 1.81. The molecule has 3 rings (SSSR count). The number of carbonyl (C=O) groups is 1. The van der Waals surface area contributed by atoms with Gasteiger partial charge in [-0.1, -0.05) is 12.1 Å². The number of aromatic nitrogens is 4. The Kier molecular flexibility index (Phi) is 2.94. The molecule has 0 aliphatic heterocycles. The topological polar surface area (TPSA) is 64.7 Å². The van der Waals surface area contributed by atoms with Crippen LogP contribution in [0.1, 0.15) is 0 Å². The highest BCUT2D eigenvalue weighted by molar-refractivity contribution is 5.91. The first-order valence-corrected chi connectivity index (χ1v) is 6.03. The molecule has 6 nitrogen and oxygen atoms in total. The first-order chi connectivity index (χ1) is 9.63. The van der Waals surface area contributed by atoms with E-state index in [1.165, 1.54) is 17.1 Å². The number of nitrogens with one attached hydrogen (secondary N) is 1. The van der Waals surface area contributed by atoms with Crippen LogP contribution in [0.15, 0.2) is 36.7 Å². The van der Waals surface area contributed by atoms with Gasteiger partial charge in [-0.05, 0) is 12.1 Å². The third kappa shape index (κ3) is 2.25. The molecular formula is C13H12FN5O. The number of amides is 1. The van der Waals surface area contributed by atoms with Crippen LogP contribution in [0.25, 0.3) is 10.9 Å². The van der Waals surface area contributed by atoms with Crippen molar-refractivity contribution in [3.05, 3.63) is 42.5 Å². The van der Waals surface area contributed by atoms with E-state index in [0.29, 0.717) is 11.3 Å². The number of fused-ring (bicyclic) bond motifs is 1. The summed E-state index contributed by atoms with van der Waals surface area (Å²) in [6.07, 6.45) is 3.14. The summed E-state index contributed by atoms with van der Waals surface area (Å²) in [7, 11) is 1.66. The van der Waals surface area contributed by atoms with Crippen LogP contribution in [-0.2, 0) is 18.4 Å². The Labute approximate surface area is 113 Å². The molecule has 20 heavy (non-hydrogen) atoms. The molecule has 2 heterocycles. The zero-order valence-electron chi connectivity index (χ0n) is 10.7. The third-order valence-electron chi connectivity index (χ3n) is 2.92. The maximum absolute atomic E-state index is 13.8. The fourth-order valence-electron chi connectivity index (χ4n) is 2.09. The molecule has 102 valence electrons. The van der Waals surface area contributed by atoms with E-state index in [1.54, 1.807) is 36.0 Å². The molecule has 2 aromatic heterocycles.